The molecule has 0 spiro atoms. The lowest BCUT2D eigenvalue weighted by Gasteiger charge is -2.08. The normalized spacial score (nSPS) is 10.5. The Morgan fingerprint density at radius 2 is 2.12 bits per heavy atom. The molecule has 0 aliphatic carbocycles. The average Bonchev–Trinajstić information content (AvgIpc) is 2.59. The van der Waals surface area contributed by atoms with Gasteiger partial charge in [0.25, 0.3) is 0 Å². The predicted molar refractivity (Wildman–Crippen MR) is 74.2 cm³/mol. The van der Waals surface area contributed by atoms with Crippen molar-refractivity contribution in [3.05, 3.63) is 45.7 Å². The average molecular weight is 286 g/mol. The highest BCUT2D eigenvalue weighted by Gasteiger charge is 2.10. The molecule has 0 bridgehead atoms. The predicted octanol–water partition coefficient (Wildman–Crippen LogP) is 3.12. The van der Waals surface area contributed by atoms with Crippen LogP contribution in [0.5, 0.6) is 0 Å². The van der Waals surface area contributed by atoms with Gasteiger partial charge in [-0.2, -0.15) is 5.10 Å². The van der Waals surface area contributed by atoms with Crippen LogP contribution in [0.25, 0.3) is 5.69 Å². The molecule has 0 aliphatic rings. The molecule has 0 fully saturated rings. The van der Waals surface area contributed by atoms with E-state index in [4.69, 9.17) is 41.2 Å². The second-order valence-electron chi connectivity index (χ2n) is 3.53. The smallest absolute Gasteiger partial charge is 0.106 e. The van der Waals surface area contributed by atoms with Crippen molar-refractivity contribution in [1.82, 2.24) is 9.78 Å². The minimum atomic E-state index is 0.270. The molecule has 0 saturated carbocycles. The van der Waals surface area contributed by atoms with E-state index in [1.165, 1.54) is 0 Å². The number of benzene rings is 1. The van der Waals surface area contributed by atoms with Gasteiger partial charge in [-0.3, -0.25) is 0 Å². The van der Waals surface area contributed by atoms with Gasteiger partial charge in [-0.25, -0.2) is 4.68 Å². The Hall–Kier alpha value is -1.10. The first-order valence-corrected chi connectivity index (χ1v) is 5.97. The van der Waals surface area contributed by atoms with E-state index in [2.05, 4.69) is 5.10 Å². The maximum absolute atomic E-state index is 5.97. The fourth-order valence-electron chi connectivity index (χ4n) is 1.47. The summed E-state index contributed by atoms with van der Waals surface area (Å²) in [4.78, 5) is 0.270. The molecule has 1 aromatic carbocycles. The molecule has 3 nitrogen and oxygen atoms in total. The summed E-state index contributed by atoms with van der Waals surface area (Å²) in [6, 6.07) is 5.27. The van der Waals surface area contributed by atoms with Crippen LogP contribution in [0, 0.1) is 6.92 Å². The van der Waals surface area contributed by atoms with Crippen LogP contribution in [0.15, 0.2) is 24.4 Å². The first kappa shape index (κ1) is 12.4. The number of nitrogens with two attached hydrogens (primary N) is 1. The zero-order valence-corrected chi connectivity index (χ0v) is 11.3. The number of aromatic nitrogens is 2. The van der Waals surface area contributed by atoms with Gasteiger partial charge in [0, 0.05) is 16.8 Å². The van der Waals surface area contributed by atoms with Crippen LogP contribution in [-0.4, -0.2) is 14.8 Å². The van der Waals surface area contributed by atoms with Crippen LogP contribution < -0.4 is 5.73 Å². The van der Waals surface area contributed by atoms with Crippen molar-refractivity contribution < 1.29 is 0 Å². The molecule has 0 unspecified atom stereocenters. The van der Waals surface area contributed by atoms with Crippen LogP contribution >= 0.6 is 35.4 Å². The summed E-state index contributed by atoms with van der Waals surface area (Å²) >= 11 is 16.9. The van der Waals surface area contributed by atoms with Crippen LogP contribution in [0.3, 0.4) is 0 Å². The quantitative estimate of drug-likeness (QED) is 0.863. The number of nitrogens with zero attached hydrogens (tertiary/aromatic N) is 2. The highest BCUT2D eigenvalue weighted by molar-refractivity contribution is 7.80. The molecule has 0 amide bonds. The van der Waals surface area contributed by atoms with Gasteiger partial charge in [0.1, 0.15) is 4.99 Å². The van der Waals surface area contributed by atoms with E-state index in [1.54, 1.807) is 29.1 Å². The van der Waals surface area contributed by atoms with E-state index in [-0.39, 0.29) is 4.99 Å². The van der Waals surface area contributed by atoms with Crippen LogP contribution in [0.2, 0.25) is 10.0 Å². The molecule has 1 heterocycles. The SMILES string of the molecule is Cc1nn(-c2ccc(Cl)cc2C(N)=S)cc1Cl. The van der Waals surface area contributed by atoms with E-state index in [9.17, 15) is 0 Å². The molecule has 88 valence electrons. The monoisotopic (exact) mass is 285 g/mol. The van der Waals surface area contributed by atoms with E-state index in [0.29, 0.717) is 15.6 Å². The molecule has 2 aromatic rings. The molecular formula is C11H9Cl2N3S. The Morgan fingerprint density at radius 3 is 2.65 bits per heavy atom. The first-order chi connectivity index (χ1) is 7.99. The lowest BCUT2D eigenvalue weighted by Crippen LogP contribution is -2.13. The molecule has 2 N–H and O–H groups in total. The van der Waals surface area contributed by atoms with Crippen molar-refractivity contribution in [3.63, 3.8) is 0 Å². The van der Waals surface area contributed by atoms with Gasteiger partial charge < -0.3 is 5.73 Å². The molecule has 0 aliphatic heterocycles. The van der Waals surface area contributed by atoms with Crippen molar-refractivity contribution in [1.29, 1.82) is 0 Å². The van der Waals surface area contributed by atoms with Crippen molar-refractivity contribution in [2.75, 3.05) is 0 Å². The topological polar surface area (TPSA) is 43.8 Å². The van der Waals surface area contributed by atoms with Crippen molar-refractivity contribution in [2.24, 2.45) is 5.73 Å². The molecule has 0 radical (unpaired) electrons. The van der Waals surface area contributed by atoms with Gasteiger partial charge >= 0.3 is 0 Å². The second-order valence-corrected chi connectivity index (χ2v) is 4.82. The van der Waals surface area contributed by atoms with Gasteiger partial charge in [0.15, 0.2) is 0 Å². The Morgan fingerprint density at radius 1 is 1.41 bits per heavy atom. The molecular weight excluding hydrogens is 277 g/mol. The fraction of sp³-hybridized carbons (Fsp3) is 0.0909. The maximum atomic E-state index is 5.97. The lowest BCUT2D eigenvalue weighted by molar-refractivity contribution is 0.861. The van der Waals surface area contributed by atoms with E-state index >= 15 is 0 Å². The van der Waals surface area contributed by atoms with E-state index in [0.717, 1.165) is 11.4 Å². The summed E-state index contributed by atoms with van der Waals surface area (Å²) in [6.45, 7) is 1.83. The Balaban J connectivity index is 2.62. The minimum absolute atomic E-state index is 0.270. The number of hydrogen-bond donors (Lipinski definition) is 1. The van der Waals surface area contributed by atoms with Gasteiger partial charge in [-0.15, -0.1) is 0 Å². The third kappa shape index (κ3) is 2.44. The molecule has 17 heavy (non-hydrogen) atoms. The largest absolute Gasteiger partial charge is 0.389 e. The molecule has 0 atom stereocenters. The van der Waals surface area contributed by atoms with Crippen molar-refractivity contribution >= 4 is 40.4 Å². The molecule has 2 rings (SSSR count). The standard InChI is InChI=1S/C11H9Cl2N3S/c1-6-9(13)5-16(15-6)10-3-2-7(12)4-8(10)11(14)17/h2-5H,1H3,(H2,14,17). The van der Waals surface area contributed by atoms with Crippen molar-refractivity contribution in [2.45, 2.75) is 6.92 Å². The summed E-state index contributed by atoms with van der Waals surface area (Å²) in [5, 5.41) is 5.45. The zero-order chi connectivity index (χ0) is 12.6. The number of thiocarbonyl (C=S) groups is 1. The van der Waals surface area contributed by atoms with E-state index < -0.39 is 0 Å². The zero-order valence-electron chi connectivity index (χ0n) is 8.95. The molecule has 1 aromatic heterocycles. The van der Waals surface area contributed by atoms with Crippen LogP contribution in [0.4, 0.5) is 0 Å². The maximum Gasteiger partial charge on any atom is 0.106 e. The van der Waals surface area contributed by atoms with Crippen LogP contribution in [-0.2, 0) is 0 Å². The number of halogens is 2. The van der Waals surface area contributed by atoms with E-state index in [1.807, 2.05) is 6.92 Å². The summed E-state index contributed by atoms with van der Waals surface area (Å²) in [5.74, 6) is 0. The Kier molecular flexibility index (Phi) is 3.38. The van der Waals surface area contributed by atoms with Gasteiger partial charge in [0.2, 0.25) is 0 Å². The minimum Gasteiger partial charge on any atom is -0.389 e. The van der Waals surface area contributed by atoms with Crippen LogP contribution in [0.1, 0.15) is 11.3 Å². The Bertz CT molecular complexity index is 573. The highest BCUT2D eigenvalue weighted by Crippen LogP contribution is 2.22. The van der Waals surface area contributed by atoms with Crippen molar-refractivity contribution in [3.8, 4) is 5.69 Å². The summed E-state index contributed by atoms with van der Waals surface area (Å²) in [6.07, 6.45) is 1.71. The number of aryl methyl sites for hydroxylation is 1. The van der Waals surface area contributed by atoms with Gasteiger partial charge in [-0.05, 0) is 25.1 Å². The summed E-state index contributed by atoms with van der Waals surface area (Å²) in [7, 11) is 0. The first-order valence-electron chi connectivity index (χ1n) is 4.80. The van der Waals surface area contributed by atoms with Gasteiger partial charge in [-0.1, -0.05) is 35.4 Å². The summed E-state index contributed by atoms with van der Waals surface area (Å²) < 4.78 is 1.64. The molecule has 0 saturated heterocycles. The Labute approximate surface area is 114 Å². The lowest BCUT2D eigenvalue weighted by atomic mass is 10.2. The van der Waals surface area contributed by atoms with Gasteiger partial charge in [0.05, 0.1) is 16.4 Å². The fourth-order valence-corrected chi connectivity index (χ4v) is 1.93. The third-order valence-electron chi connectivity index (χ3n) is 2.31. The molecule has 6 heteroatoms. The third-order valence-corrected chi connectivity index (χ3v) is 3.14. The highest BCUT2D eigenvalue weighted by atomic mass is 35.5. The number of hydrogen-bond acceptors (Lipinski definition) is 2. The second kappa shape index (κ2) is 4.64. The number of rotatable bonds is 2. The summed E-state index contributed by atoms with van der Waals surface area (Å²) in [5.41, 5.74) is 7.84.